The van der Waals surface area contributed by atoms with E-state index in [0.29, 0.717) is 37.6 Å². The lowest BCUT2D eigenvalue weighted by Crippen LogP contribution is -2.34. The number of carbonyl (C=O) groups is 2. The second kappa shape index (κ2) is 9.12. The Bertz CT molecular complexity index is 823. The average molecular weight is 383 g/mol. The molecule has 2 N–H and O–H groups in total. The van der Waals surface area contributed by atoms with Crippen molar-refractivity contribution in [2.75, 3.05) is 37.0 Å². The van der Waals surface area contributed by atoms with Crippen LogP contribution in [0.25, 0.3) is 0 Å². The molecule has 1 aliphatic rings. The number of rotatable bonds is 7. The number of amides is 3. The van der Waals surface area contributed by atoms with Gasteiger partial charge in [0.1, 0.15) is 11.5 Å². The van der Waals surface area contributed by atoms with E-state index in [-0.39, 0.29) is 17.9 Å². The lowest BCUT2D eigenvalue weighted by atomic mass is 10.1. The van der Waals surface area contributed by atoms with E-state index in [9.17, 15) is 9.59 Å². The summed E-state index contributed by atoms with van der Waals surface area (Å²) >= 11 is 0. The number of anilines is 2. The van der Waals surface area contributed by atoms with Gasteiger partial charge in [-0.05, 0) is 43.3 Å². The summed E-state index contributed by atoms with van der Waals surface area (Å²) in [7, 11) is 1.58. The van der Waals surface area contributed by atoms with Crippen molar-refractivity contribution >= 4 is 23.3 Å². The number of hydrogen-bond acceptors (Lipinski definition) is 4. The highest BCUT2D eigenvalue weighted by Crippen LogP contribution is 2.26. The fourth-order valence-corrected chi connectivity index (χ4v) is 3.17. The molecular formula is C21H25N3O4. The molecule has 7 heteroatoms. The monoisotopic (exact) mass is 383 g/mol. The molecule has 148 valence electrons. The number of benzene rings is 2. The van der Waals surface area contributed by atoms with Crippen LogP contribution in [0.5, 0.6) is 11.5 Å². The van der Waals surface area contributed by atoms with Crippen molar-refractivity contribution in [2.24, 2.45) is 5.92 Å². The van der Waals surface area contributed by atoms with Crippen LogP contribution in [0, 0.1) is 5.92 Å². The van der Waals surface area contributed by atoms with Gasteiger partial charge in [0.25, 0.3) is 0 Å². The molecular weight excluding hydrogens is 358 g/mol. The van der Waals surface area contributed by atoms with E-state index < -0.39 is 0 Å². The van der Waals surface area contributed by atoms with Crippen molar-refractivity contribution in [1.82, 2.24) is 5.32 Å². The van der Waals surface area contributed by atoms with Gasteiger partial charge in [-0.25, -0.2) is 4.79 Å². The Morgan fingerprint density at radius 2 is 1.96 bits per heavy atom. The summed E-state index contributed by atoms with van der Waals surface area (Å²) < 4.78 is 10.6. The molecule has 3 amide bonds. The Labute approximate surface area is 164 Å². The summed E-state index contributed by atoms with van der Waals surface area (Å²) in [6, 6.07) is 14.3. The zero-order chi connectivity index (χ0) is 19.9. The normalized spacial score (nSPS) is 16.0. The number of urea groups is 1. The summed E-state index contributed by atoms with van der Waals surface area (Å²) in [4.78, 5) is 26.2. The summed E-state index contributed by atoms with van der Waals surface area (Å²) in [5.74, 6) is 1.58. The van der Waals surface area contributed by atoms with Crippen molar-refractivity contribution in [2.45, 2.75) is 13.3 Å². The molecule has 0 unspecified atom stereocenters. The molecule has 2 aromatic rings. The molecule has 1 heterocycles. The molecule has 0 bridgehead atoms. The molecule has 3 rings (SSSR count). The third-order valence-electron chi connectivity index (χ3n) is 4.54. The quantitative estimate of drug-likeness (QED) is 0.769. The van der Waals surface area contributed by atoms with Crippen LogP contribution in [0.1, 0.15) is 13.3 Å². The third-order valence-corrected chi connectivity index (χ3v) is 4.54. The predicted octanol–water partition coefficient (Wildman–Crippen LogP) is 3.27. The van der Waals surface area contributed by atoms with Crippen LogP contribution in [-0.4, -0.2) is 38.7 Å². The Balaban J connectivity index is 1.50. The summed E-state index contributed by atoms with van der Waals surface area (Å²) in [5.41, 5.74) is 1.49. The Hall–Kier alpha value is -3.22. The number of nitrogens with one attached hydrogen (secondary N) is 2. The molecule has 0 spiro atoms. The minimum atomic E-state index is -0.305. The molecule has 0 radical (unpaired) electrons. The topological polar surface area (TPSA) is 79.9 Å². The first-order valence-corrected chi connectivity index (χ1v) is 9.31. The number of nitrogens with zero attached hydrogens (tertiary/aromatic N) is 1. The van der Waals surface area contributed by atoms with Crippen molar-refractivity contribution in [3.8, 4) is 11.5 Å². The van der Waals surface area contributed by atoms with Gasteiger partial charge in [0.15, 0.2) is 0 Å². The van der Waals surface area contributed by atoms with Gasteiger partial charge in [0.05, 0.1) is 13.7 Å². The van der Waals surface area contributed by atoms with E-state index in [2.05, 4.69) is 10.6 Å². The van der Waals surface area contributed by atoms with Crippen molar-refractivity contribution in [3.05, 3.63) is 48.5 Å². The first-order chi connectivity index (χ1) is 13.6. The van der Waals surface area contributed by atoms with Crippen molar-refractivity contribution < 1.29 is 19.1 Å². The molecule has 0 aromatic heterocycles. The highest BCUT2D eigenvalue weighted by atomic mass is 16.5. The first kappa shape index (κ1) is 19.5. The highest BCUT2D eigenvalue weighted by molar-refractivity contribution is 5.96. The first-order valence-electron chi connectivity index (χ1n) is 9.31. The molecule has 28 heavy (non-hydrogen) atoms. The maximum absolute atomic E-state index is 12.4. The van der Waals surface area contributed by atoms with Gasteiger partial charge in [0.2, 0.25) is 5.91 Å². The van der Waals surface area contributed by atoms with Gasteiger partial charge in [-0.15, -0.1) is 0 Å². The SMILES string of the molecule is CCOc1ccc(N2C[C@@H](CNC(=O)Nc3cccc(OC)c3)CC2=O)cc1. The zero-order valence-corrected chi connectivity index (χ0v) is 16.1. The molecule has 1 aliphatic heterocycles. The second-order valence-electron chi connectivity index (χ2n) is 6.57. The van der Waals surface area contributed by atoms with Crippen LogP contribution in [0.3, 0.4) is 0 Å². The van der Waals surface area contributed by atoms with Crippen LogP contribution in [-0.2, 0) is 4.79 Å². The van der Waals surface area contributed by atoms with Gasteiger partial charge in [-0.1, -0.05) is 6.07 Å². The summed E-state index contributed by atoms with van der Waals surface area (Å²) in [6.07, 6.45) is 0.409. The summed E-state index contributed by atoms with van der Waals surface area (Å²) in [5, 5.41) is 5.61. The van der Waals surface area contributed by atoms with E-state index in [4.69, 9.17) is 9.47 Å². The van der Waals surface area contributed by atoms with Gasteiger partial charge in [-0.3, -0.25) is 4.79 Å². The zero-order valence-electron chi connectivity index (χ0n) is 16.1. The average Bonchev–Trinajstić information content (AvgIpc) is 3.08. The second-order valence-corrected chi connectivity index (χ2v) is 6.57. The minimum absolute atomic E-state index is 0.0594. The number of hydrogen-bond donors (Lipinski definition) is 2. The summed E-state index contributed by atoms with van der Waals surface area (Å²) in [6.45, 7) is 3.54. The van der Waals surface area contributed by atoms with Gasteiger partial charge < -0.3 is 25.0 Å². The molecule has 7 nitrogen and oxygen atoms in total. The van der Waals surface area contributed by atoms with Gasteiger partial charge in [0, 0.05) is 42.9 Å². The molecule has 1 atom stereocenters. The Morgan fingerprint density at radius 3 is 2.68 bits per heavy atom. The smallest absolute Gasteiger partial charge is 0.319 e. The molecule has 2 aromatic carbocycles. The van der Waals surface area contributed by atoms with E-state index >= 15 is 0 Å². The lowest BCUT2D eigenvalue weighted by Gasteiger charge is -2.17. The minimum Gasteiger partial charge on any atom is -0.497 e. The molecule has 0 saturated carbocycles. The van der Waals surface area contributed by atoms with Crippen LogP contribution >= 0.6 is 0 Å². The Morgan fingerprint density at radius 1 is 1.18 bits per heavy atom. The number of methoxy groups -OCH3 is 1. The largest absolute Gasteiger partial charge is 0.497 e. The van der Waals surface area contributed by atoms with E-state index in [0.717, 1.165) is 11.4 Å². The fraction of sp³-hybridized carbons (Fsp3) is 0.333. The molecule has 0 aliphatic carbocycles. The molecule has 1 fully saturated rings. The van der Waals surface area contributed by atoms with Crippen molar-refractivity contribution in [3.63, 3.8) is 0 Å². The standard InChI is InChI=1S/C21H25N3O4/c1-3-28-18-9-7-17(8-10-18)24-14-15(11-20(24)25)13-22-21(26)23-16-5-4-6-19(12-16)27-2/h4-10,12,15H,3,11,13-14H2,1-2H3,(H2,22,23,26)/t15-/m1/s1. The van der Waals surface area contributed by atoms with E-state index in [1.54, 1.807) is 30.2 Å². The van der Waals surface area contributed by atoms with Gasteiger partial charge >= 0.3 is 6.03 Å². The fourth-order valence-electron chi connectivity index (χ4n) is 3.17. The predicted molar refractivity (Wildman–Crippen MR) is 108 cm³/mol. The van der Waals surface area contributed by atoms with Crippen LogP contribution in [0.2, 0.25) is 0 Å². The highest BCUT2D eigenvalue weighted by Gasteiger charge is 2.30. The number of ether oxygens (including phenoxy) is 2. The Kier molecular flexibility index (Phi) is 6.37. The third kappa shape index (κ3) is 4.94. The maximum Gasteiger partial charge on any atom is 0.319 e. The lowest BCUT2D eigenvalue weighted by molar-refractivity contribution is -0.117. The van der Waals surface area contributed by atoms with Crippen LogP contribution in [0.15, 0.2) is 48.5 Å². The van der Waals surface area contributed by atoms with E-state index in [1.165, 1.54) is 0 Å². The number of carbonyl (C=O) groups excluding carboxylic acids is 2. The van der Waals surface area contributed by atoms with E-state index in [1.807, 2.05) is 37.3 Å². The van der Waals surface area contributed by atoms with Crippen molar-refractivity contribution in [1.29, 1.82) is 0 Å². The van der Waals surface area contributed by atoms with Crippen LogP contribution < -0.4 is 25.0 Å². The molecule has 1 saturated heterocycles. The van der Waals surface area contributed by atoms with Crippen LogP contribution in [0.4, 0.5) is 16.2 Å². The maximum atomic E-state index is 12.4. The van der Waals surface area contributed by atoms with Gasteiger partial charge in [-0.2, -0.15) is 0 Å².